The first kappa shape index (κ1) is 29.6. The zero-order valence-corrected chi connectivity index (χ0v) is 16.8. The van der Waals surface area contributed by atoms with Crippen LogP contribution in [0.15, 0.2) is 18.2 Å². The molecule has 0 radical (unpaired) electrons. The van der Waals surface area contributed by atoms with Gasteiger partial charge >= 0.3 is 46.8 Å². The van der Waals surface area contributed by atoms with Crippen LogP contribution in [0.1, 0.15) is 0 Å². The molecule has 0 aliphatic heterocycles. The van der Waals surface area contributed by atoms with Crippen LogP contribution in [-0.4, -0.2) is 46.8 Å². The second-order valence-corrected chi connectivity index (χ2v) is 7.34. The SMILES string of the molecule is O=C(Nc1ccc(Cl)cc1Cl)C(F)(F)C(F)(F)C(F)(F)C(F)(F)C(F)(F)C(F)(F)C(F)(F)Cl. The number of benzene rings is 1. The minimum Gasteiger partial charge on any atom is -0.319 e. The lowest BCUT2D eigenvalue weighted by molar-refractivity contribution is -0.431. The molecular formula is C14H4Cl3F14NO. The number of carbonyl (C=O) groups excluding carboxylic acids is 1. The third-order valence-corrected chi connectivity index (χ3v) is 4.58. The number of alkyl halides is 15. The third-order valence-electron chi connectivity index (χ3n) is 3.79. The van der Waals surface area contributed by atoms with Gasteiger partial charge in [0.15, 0.2) is 0 Å². The van der Waals surface area contributed by atoms with Gasteiger partial charge in [-0.05, 0) is 29.8 Å². The Kier molecular flexibility index (Phi) is 7.50. The fourth-order valence-corrected chi connectivity index (χ4v) is 2.48. The van der Waals surface area contributed by atoms with E-state index in [1.807, 2.05) is 0 Å². The van der Waals surface area contributed by atoms with Crippen LogP contribution in [-0.2, 0) is 4.79 Å². The first-order valence-corrected chi connectivity index (χ1v) is 8.54. The van der Waals surface area contributed by atoms with Gasteiger partial charge in [0.25, 0.3) is 0 Å². The highest BCUT2D eigenvalue weighted by molar-refractivity contribution is 6.36. The van der Waals surface area contributed by atoms with Crippen molar-refractivity contribution in [3.05, 3.63) is 28.2 Å². The maximum Gasteiger partial charge on any atom is 0.393 e. The van der Waals surface area contributed by atoms with E-state index in [2.05, 4.69) is 11.6 Å². The molecule has 0 aliphatic carbocycles. The molecule has 1 amide bonds. The zero-order chi connectivity index (χ0) is 26.6. The zero-order valence-electron chi connectivity index (χ0n) is 14.6. The van der Waals surface area contributed by atoms with Crippen molar-refractivity contribution >= 4 is 46.4 Å². The molecule has 0 saturated carbocycles. The van der Waals surface area contributed by atoms with E-state index in [4.69, 9.17) is 23.2 Å². The number of hydrogen-bond acceptors (Lipinski definition) is 1. The van der Waals surface area contributed by atoms with Crippen LogP contribution in [0.2, 0.25) is 10.0 Å². The number of rotatable bonds is 8. The summed E-state index contributed by atoms with van der Waals surface area (Å²) in [6.45, 7) is 0. The highest BCUT2D eigenvalue weighted by atomic mass is 35.5. The maximum absolute atomic E-state index is 13.8. The minimum atomic E-state index is -8.33. The highest BCUT2D eigenvalue weighted by Gasteiger charge is 2.93. The first-order valence-electron chi connectivity index (χ1n) is 7.40. The predicted octanol–water partition coefficient (Wildman–Crippen LogP) is 7.58. The van der Waals surface area contributed by atoms with Crippen molar-refractivity contribution in [2.45, 2.75) is 40.9 Å². The molecule has 0 aromatic heterocycles. The molecule has 19 heteroatoms. The Bertz CT molecular complexity index is 915. The molecule has 0 fully saturated rings. The van der Waals surface area contributed by atoms with Crippen LogP contribution in [0.5, 0.6) is 0 Å². The summed E-state index contributed by atoms with van der Waals surface area (Å²) in [5.74, 6) is -50.9. The average Bonchev–Trinajstić information content (AvgIpc) is 2.62. The first-order chi connectivity index (χ1) is 14.3. The molecular weight excluding hydrogens is 570 g/mol. The number of nitrogens with one attached hydrogen (secondary N) is 1. The molecule has 1 aromatic carbocycles. The molecule has 0 unspecified atom stereocenters. The summed E-state index contributed by atoms with van der Waals surface area (Å²) in [5, 5.41) is -6.98. The molecule has 33 heavy (non-hydrogen) atoms. The standard InChI is InChI=1S/C14H4Cl3F14NO/c15-4-1-2-6(5(16)3-4)32-7(33)8(18,19)9(20,21)10(22,23)11(24,25)12(26,27)13(28,29)14(17,30)31/h1-3H,(H,32,33). The summed E-state index contributed by atoms with van der Waals surface area (Å²) in [6, 6.07) is 1.99. The van der Waals surface area contributed by atoms with Crippen LogP contribution in [0.25, 0.3) is 0 Å². The molecule has 1 rings (SSSR count). The maximum atomic E-state index is 13.8. The van der Waals surface area contributed by atoms with Crippen LogP contribution >= 0.6 is 34.8 Å². The van der Waals surface area contributed by atoms with E-state index < -0.39 is 57.5 Å². The summed E-state index contributed by atoms with van der Waals surface area (Å²) < 4.78 is 186. The van der Waals surface area contributed by atoms with Crippen molar-refractivity contribution in [1.82, 2.24) is 0 Å². The molecule has 0 saturated heterocycles. The molecule has 0 heterocycles. The summed E-state index contributed by atoms with van der Waals surface area (Å²) in [4.78, 5) is 11.4. The van der Waals surface area contributed by atoms with Gasteiger partial charge in [-0.25, -0.2) is 0 Å². The van der Waals surface area contributed by atoms with Crippen LogP contribution in [0, 0.1) is 0 Å². The van der Waals surface area contributed by atoms with E-state index in [0.29, 0.717) is 12.1 Å². The smallest absolute Gasteiger partial charge is 0.319 e. The number of anilines is 1. The van der Waals surface area contributed by atoms with E-state index in [9.17, 15) is 66.3 Å². The lowest BCUT2D eigenvalue weighted by Crippen LogP contribution is -2.73. The summed E-state index contributed by atoms with van der Waals surface area (Å²) >= 11 is 14.3. The number of amides is 1. The van der Waals surface area contributed by atoms with Gasteiger partial charge in [0.2, 0.25) is 0 Å². The minimum absolute atomic E-state index is 0.236. The largest absolute Gasteiger partial charge is 0.393 e. The molecule has 190 valence electrons. The van der Waals surface area contributed by atoms with E-state index in [1.165, 1.54) is 0 Å². The lowest BCUT2D eigenvalue weighted by atomic mass is 9.91. The van der Waals surface area contributed by atoms with Crippen LogP contribution in [0.3, 0.4) is 0 Å². The van der Waals surface area contributed by atoms with Gasteiger partial charge in [0.05, 0.1) is 10.7 Å². The Labute approximate surface area is 187 Å². The van der Waals surface area contributed by atoms with E-state index in [-0.39, 0.29) is 5.02 Å². The van der Waals surface area contributed by atoms with Crippen LogP contribution < -0.4 is 5.32 Å². The van der Waals surface area contributed by atoms with E-state index in [0.717, 1.165) is 11.4 Å². The fourth-order valence-electron chi connectivity index (χ4n) is 1.90. The van der Waals surface area contributed by atoms with Crippen molar-refractivity contribution in [2.75, 3.05) is 5.32 Å². The Hall–Kier alpha value is -1.42. The van der Waals surface area contributed by atoms with Gasteiger partial charge in [-0.15, -0.1) is 0 Å². The molecule has 0 aliphatic rings. The Morgan fingerprint density at radius 2 is 1.06 bits per heavy atom. The summed E-state index contributed by atoms with van der Waals surface area (Å²) in [6.07, 6.45) is 0. The van der Waals surface area contributed by atoms with Crippen molar-refractivity contribution in [3.8, 4) is 0 Å². The van der Waals surface area contributed by atoms with Gasteiger partial charge in [-0.3, -0.25) is 4.79 Å². The predicted molar refractivity (Wildman–Crippen MR) is 85.6 cm³/mol. The van der Waals surface area contributed by atoms with Crippen molar-refractivity contribution < 1.29 is 66.3 Å². The average molecular weight is 575 g/mol. The van der Waals surface area contributed by atoms with Crippen molar-refractivity contribution in [2.24, 2.45) is 0 Å². The molecule has 0 atom stereocenters. The molecule has 1 N–H and O–H groups in total. The van der Waals surface area contributed by atoms with E-state index in [1.54, 1.807) is 0 Å². The Morgan fingerprint density at radius 1 is 0.667 bits per heavy atom. The monoisotopic (exact) mass is 573 g/mol. The molecule has 0 bridgehead atoms. The second-order valence-electron chi connectivity index (χ2n) is 6.02. The Morgan fingerprint density at radius 3 is 1.45 bits per heavy atom. The summed E-state index contributed by atoms with van der Waals surface area (Å²) in [7, 11) is 0. The Balaban J connectivity index is 3.51. The van der Waals surface area contributed by atoms with Gasteiger partial charge in [0, 0.05) is 5.02 Å². The lowest BCUT2D eigenvalue weighted by Gasteiger charge is -2.41. The number of hydrogen-bond donors (Lipinski definition) is 1. The molecule has 0 spiro atoms. The third kappa shape index (κ3) is 4.37. The quantitative estimate of drug-likeness (QED) is 0.252. The molecule has 1 aromatic rings. The van der Waals surface area contributed by atoms with Gasteiger partial charge in [-0.2, -0.15) is 61.5 Å². The van der Waals surface area contributed by atoms with E-state index >= 15 is 0 Å². The van der Waals surface area contributed by atoms with Crippen LogP contribution in [0.4, 0.5) is 67.2 Å². The number of halogens is 17. The van der Waals surface area contributed by atoms with Crippen molar-refractivity contribution in [3.63, 3.8) is 0 Å². The van der Waals surface area contributed by atoms with Crippen molar-refractivity contribution in [1.29, 1.82) is 0 Å². The highest BCUT2D eigenvalue weighted by Crippen LogP contribution is 2.62. The van der Waals surface area contributed by atoms with Gasteiger partial charge in [0.1, 0.15) is 0 Å². The van der Waals surface area contributed by atoms with Gasteiger partial charge < -0.3 is 5.32 Å². The van der Waals surface area contributed by atoms with Gasteiger partial charge in [-0.1, -0.05) is 23.2 Å². The second kappa shape index (κ2) is 8.36. The number of carbonyl (C=O) groups is 1. The topological polar surface area (TPSA) is 29.1 Å². The molecule has 2 nitrogen and oxygen atoms in total. The fraction of sp³-hybridized carbons (Fsp3) is 0.500. The normalized spacial score (nSPS) is 14.9. The summed E-state index contributed by atoms with van der Waals surface area (Å²) in [5.41, 5.74) is -1.05.